The Labute approximate surface area is 119 Å². The zero-order valence-corrected chi connectivity index (χ0v) is 12.5. The topological polar surface area (TPSA) is 69.6 Å². The van der Waals surface area contributed by atoms with Crippen molar-refractivity contribution in [2.24, 2.45) is 0 Å². The second-order valence-electron chi connectivity index (χ2n) is 5.02. The molecule has 2 N–H and O–H groups in total. The van der Waals surface area contributed by atoms with Crippen LogP contribution >= 0.6 is 11.8 Å². The van der Waals surface area contributed by atoms with Gasteiger partial charge in [0.05, 0.1) is 5.88 Å². The highest BCUT2D eigenvalue weighted by atomic mass is 32.2. The van der Waals surface area contributed by atoms with Crippen molar-refractivity contribution in [1.82, 2.24) is 10.2 Å². The summed E-state index contributed by atoms with van der Waals surface area (Å²) in [6.45, 7) is 4.14. The summed E-state index contributed by atoms with van der Waals surface area (Å²) >= 11 is 1.48. The maximum absolute atomic E-state index is 12.0. The second kappa shape index (κ2) is 8.30. The number of nitrogens with one attached hydrogen (secondary N) is 1. The number of nitrogens with zero attached hydrogens (tertiary/aromatic N) is 1. The van der Waals surface area contributed by atoms with Gasteiger partial charge in [0.15, 0.2) is 0 Å². The van der Waals surface area contributed by atoms with E-state index >= 15 is 0 Å². The first-order valence-electron chi connectivity index (χ1n) is 6.94. The molecular formula is C13H24N2O3S. The Balaban J connectivity index is 2.31. The minimum Gasteiger partial charge on any atom is -0.480 e. The van der Waals surface area contributed by atoms with Gasteiger partial charge in [0.1, 0.15) is 6.04 Å². The summed E-state index contributed by atoms with van der Waals surface area (Å²) in [5.41, 5.74) is 0. The first kappa shape index (κ1) is 16.1. The van der Waals surface area contributed by atoms with Gasteiger partial charge in [-0.15, -0.1) is 11.8 Å². The number of carboxylic acids is 1. The van der Waals surface area contributed by atoms with Gasteiger partial charge in [0.2, 0.25) is 0 Å². The first-order chi connectivity index (χ1) is 9.06. The molecule has 0 spiro atoms. The molecule has 110 valence electrons. The molecule has 19 heavy (non-hydrogen) atoms. The molecule has 1 aliphatic rings. The van der Waals surface area contributed by atoms with Gasteiger partial charge in [-0.25, -0.2) is 9.59 Å². The Bertz CT molecular complexity index is 312. The molecule has 1 fully saturated rings. The number of aliphatic carboxylic acids is 1. The van der Waals surface area contributed by atoms with E-state index in [-0.39, 0.29) is 12.1 Å². The third kappa shape index (κ3) is 5.30. The van der Waals surface area contributed by atoms with Gasteiger partial charge in [-0.2, -0.15) is 0 Å². The molecule has 1 heterocycles. The van der Waals surface area contributed by atoms with E-state index < -0.39 is 12.0 Å². The fraction of sp³-hybridized carbons (Fsp3) is 0.846. The summed E-state index contributed by atoms with van der Waals surface area (Å²) in [5.74, 6) is 0.0228. The number of carbonyl (C=O) groups is 2. The van der Waals surface area contributed by atoms with E-state index in [4.69, 9.17) is 5.11 Å². The fourth-order valence-corrected chi connectivity index (χ4v) is 3.24. The number of carboxylic acid groups (broad SMARTS) is 1. The molecule has 1 rings (SSSR count). The highest BCUT2D eigenvalue weighted by molar-refractivity contribution is 7.99. The fourth-order valence-electron chi connectivity index (χ4n) is 2.09. The van der Waals surface area contributed by atoms with Crippen LogP contribution in [0, 0.1) is 0 Å². The Hall–Kier alpha value is -0.910. The van der Waals surface area contributed by atoms with Gasteiger partial charge >= 0.3 is 12.0 Å². The van der Waals surface area contributed by atoms with Crippen molar-refractivity contribution in [3.8, 4) is 0 Å². The van der Waals surface area contributed by atoms with Gasteiger partial charge < -0.3 is 15.3 Å². The first-order valence-corrected chi connectivity index (χ1v) is 8.09. The monoisotopic (exact) mass is 288 g/mol. The lowest BCUT2D eigenvalue weighted by molar-refractivity contribution is -0.140. The van der Waals surface area contributed by atoms with Crippen molar-refractivity contribution in [2.75, 3.05) is 11.6 Å². The van der Waals surface area contributed by atoms with Crippen molar-refractivity contribution in [3.63, 3.8) is 0 Å². The van der Waals surface area contributed by atoms with E-state index in [1.54, 1.807) is 0 Å². The molecule has 6 heteroatoms. The SMILES string of the molecule is CCCCCCC(C)NC(=O)N1CSC[C@H]1C(=O)O. The molecule has 2 atom stereocenters. The van der Waals surface area contributed by atoms with Crippen LogP contribution in [-0.2, 0) is 4.79 Å². The molecule has 0 aromatic heterocycles. The molecule has 0 aromatic carbocycles. The van der Waals surface area contributed by atoms with Crippen LogP contribution in [0.25, 0.3) is 0 Å². The summed E-state index contributed by atoms with van der Waals surface area (Å²) in [5, 5.41) is 11.9. The van der Waals surface area contributed by atoms with Crippen molar-refractivity contribution in [2.45, 2.75) is 58.0 Å². The largest absolute Gasteiger partial charge is 0.480 e. The molecule has 2 amide bonds. The average Bonchev–Trinajstić information content (AvgIpc) is 2.84. The number of hydrogen-bond acceptors (Lipinski definition) is 3. The predicted molar refractivity (Wildman–Crippen MR) is 77.3 cm³/mol. The number of hydrogen-bond donors (Lipinski definition) is 2. The highest BCUT2D eigenvalue weighted by Gasteiger charge is 2.34. The molecule has 0 bridgehead atoms. The number of urea groups is 1. The van der Waals surface area contributed by atoms with Crippen LogP contribution in [0.1, 0.15) is 46.0 Å². The van der Waals surface area contributed by atoms with E-state index in [2.05, 4.69) is 12.2 Å². The minimum atomic E-state index is -0.921. The van der Waals surface area contributed by atoms with Crippen LogP contribution in [0.2, 0.25) is 0 Å². The Morgan fingerprint density at radius 3 is 2.79 bits per heavy atom. The number of carbonyl (C=O) groups excluding carboxylic acids is 1. The predicted octanol–water partition coefficient (Wildman–Crippen LogP) is 2.51. The molecule has 1 unspecified atom stereocenters. The number of amides is 2. The number of thioether (sulfide) groups is 1. The zero-order chi connectivity index (χ0) is 14.3. The maximum Gasteiger partial charge on any atom is 0.327 e. The van der Waals surface area contributed by atoms with E-state index in [0.717, 1.165) is 12.8 Å². The highest BCUT2D eigenvalue weighted by Crippen LogP contribution is 2.21. The molecule has 0 saturated carbocycles. The van der Waals surface area contributed by atoms with Crippen LogP contribution in [0.5, 0.6) is 0 Å². The van der Waals surface area contributed by atoms with Crippen LogP contribution in [0.3, 0.4) is 0 Å². The lowest BCUT2D eigenvalue weighted by Crippen LogP contribution is -2.49. The Kier molecular flexibility index (Phi) is 7.05. The third-order valence-corrected chi connectivity index (χ3v) is 4.30. The van der Waals surface area contributed by atoms with Gasteiger partial charge in [-0.3, -0.25) is 0 Å². The minimum absolute atomic E-state index is 0.101. The molecular weight excluding hydrogens is 264 g/mol. The maximum atomic E-state index is 12.0. The standard InChI is InChI=1S/C13H24N2O3S/c1-3-4-5-6-7-10(2)14-13(18)15-9-19-8-11(15)12(16)17/h10-11H,3-9H2,1-2H3,(H,14,18)(H,16,17)/t10?,11-/m0/s1. The average molecular weight is 288 g/mol. The van der Waals surface area contributed by atoms with Gasteiger partial charge in [-0.1, -0.05) is 32.6 Å². The summed E-state index contributed by atoms with van der Waals surface area (Å²) in [4.78, 5) is 24.4. The van der Waals surface area contributed by atoms with Crippen molar-refractivity contribution in [1.29, 1.82) is 0 Å². The number of rotatable bonds is 7. The van der Waals surface area contributed by atoms with E-state index in [1.165, 1.54) is 35.9 Å². The second-order valence-corrected chi connectivity index (χ2v) is 6.02. The lowest BCUT2D eigenvalue weighted by Gasteiger charge is -2.23. The van der Waals surface area contributed by atoms with Gasteiger partial charge in [0.25, 0.3) is 0 Å². The summed E-state index contributed by atoms with van der Waals surface area (Å²) < 4.78 is 0. The van der Waals surface area contributed by atoms with Gasteiger partial charge in [0, 0.05) is 11.8 Å². The molecule has 5 nitrogen and oxygen atoms in total. The van der Waals surface area contributed by atoms with Crippen LogP contribution in [0.15, 0.2) is 0 Å². The lowest BCUT2D eigenvalue weighted by atomic mass is 10.1. The van der Waals surface area contributed by atoms with Crippen LogP contribution < -0.4 is 5.32 Å². The molecule has 0 aliphatic carbocycles. The van der Waals surface area contributed by atoms with Crippen molar-refractivity contribution >= 4 is 23.8 Å². The van der Waals surface area contributed by atoms with Gasteiger partial charge in [-0.05, 0) is 13.3 Å². The summed E-state index contributed by atoms with van der Waals surface area (Å²) in [6, 6.07) is -0.831. The van der Waals surface area contributed by atoms with Crippen molar-refractivity contribution in [3.05, 3.63) is 0 Å². The smallest absolute Gasteiger partial charge is 0.327 e. The quantitative estimate of drug-likeness (QED) is 0.706. The summed E-state index contributed by atoms with van der Waals surface area (Å²) in [7, 11) is 0. The normalized spacial score (nSPS) is 20.3. The van der Waals surface area contributed by atoms with Crippen LogP contribution in [0.4, 0.5) is 4.79 Å². The Morgan fingerprint density at radius 2 is 2.16 bits per heavy atom. The third-order valence-electron chi connectivity index (χ3n) is 3.29. The van der Waals surface area contributed by atoms with E-state index in [9.17, 15) is 9.59 Å². The molecule has 0 radical (unpaired) electrons. The Morgan fingerprint density at radius 1 is 1.42 bits per heavy atom. The zero-order valence-electron chi connectivity index (χ0n) is 11.7. The van der Waals surface area contributed by atoms with E-state index in [1.807, 2.05) is 6.92 Å². The summed E-state index contributed by atoms with van der Waals surface area (Å²) in [6.07, 6.45) is 5.67. The number of unbranched alkanes of at least 4 members (excludes halogenated alkanes) is 3. The van der Waals surface area contributed by atoms with Crippen molar-refractivity contribution < 1.29 is 14.7 Å². The molecule has 1 saturated heterocycles. The van der Waals surface area contributed by atoms with E-state index in [0.29, 0.717) is 11.6 Å². The van der Waals surface area contributed by atoms with Crippen LogP contribution in [-0.4, -0.2) is 45.7 Å². The molecule has 1 aliphatic heterocycles. The molecule has 0 aromatic rings.